The Labute approximate surface area is 101 Å². The molecule has 1 aliphatic heterocycles. The number of carbonyl (C=O) groups is 2. The molecule has 98 valence electrons. The Kier molecular flexibility index (Phi) is 5.21. The molecule has 0 bridgehead atoms. The maximum atomic E-state index is 11.7. The van der Waals surface area contributed by atoms with Gasteiger partial charge in [-0.2, -0.15) is 0 Å². The smallest absolute Gasteiger partial charge is 0.336 e. The van der Waals surface area contributed by atoms with Crippen LogP contribution in [0.15, 0.2) is 0 Å². The molecule has 1 saturated heterocycles. The van der Waals surface area contributed by atoms with Crippen molar-refractivity contribution in [2.24, 2.45) is 5.92 Å². The molecule has 6 heteroatoms. The van der Waals surface area contributed by atoms with Crippen LogP contribution in [0.2, 0.25) is 0 Å². The second kappa shape index (κ2) is 6.44. The maximum absolute atomic E-state index is 11.7. The number of carbonyl (C=O) groups excluding carboxylic acids is 2. The highest BCUT2D eigenvalue weighted by molar-refractivity contribution is 5.77. The van der Waals surface area contributed by atoms with Crippen LogP contribution in [0.3, 0.4) is 0 Å². The summed E-state index contributed by atoms with van der Waals surface area (Å²) in [4.78, 5) is 24.3. The van der Waals surface area contributed by atoms with E-state index in [1.165, 1.54) is 7.11 Å². The van der Waals surface area contributed by atoms with Crippen molar-refractivity contribution >= 4 is 12.0 Å². The van der Waals surface area contributed by atoms with Crippen LogP contribution < -0.4 is 5.32 Å². The number of hydrogen-bond donors (Lipinski definition) is 2. The minimum atomic E-state index is -1.30. The molecule has 0 aromatic carbocycles. The summed E-state index contributed by atoms with van der Waals surface area (Å²) in [5.74, 6) is -0.239. The fraction of sp³-hybridized carbons (Fsp3) is 0.818. The summed E-state index contributed by atoms with van der Waals surface area (Å²) in [6.07, 6.45) is 0.828. The molecule has 6 nitrogen and oxygen atoms in total. The quantitative estimate of drug-likeness (QED) is 0.683. The molecule has 2 N–H and O–H groups in total. The molecule has 0 spiro atoms. The Morgan fingerprint density at radius 1 is 1.59 bits per heavy atom. The zero-order chi connectivity index (χ0) is 12.8. The third kappa shape index (κ3) is 4.22. The summed E-state index contributed by atoms with van der Waals surface area (Å²) >= 11 is 0. The zero-order valence-electron chi connectivity index (χ0n) is 10.3. The summed E-state index contributed by atoms with van der Waals surface area (Å²) in [6, 6.07) is -0.237. The lowest BCUT2D eigenvalue weighted by atomic mass is 10.0. The van der Waals surface area contributed by atoms with Crippen LogP contribution in [-0.4, -0.2) is 54.9 Å². The van der Waals surface area contributed by atoms with Crippen LogP contribution >= 0.6 is 0 Å². The summed E-state index contributed by atoms with van der Waals surface area (Å²) < 4.78 is 4.35. The molecule has 0 aliphatic carbocycles. The first-order valence-corrected chi connectivity index (χ1v) is 5.83. The van der Waals surface area contributed by atoms with E-state index in [0.717, 1.165) is 25.9 Å². The van der Waals surface area contributed by atoms with Crippen molar-refractivity contribution in [2.75, 3.05) is 26.7 Å². The van der Waals surface area contributed by atoms with E-state index in [9.17, 15) is 14.7 Å². The molecule has 2 amide bonds. The monoisotopic (exact) mass is 244 g/mol. The van der Waals surface area contributed by atoms with Gasteiger partial charge in [-0.15, -0.1) is 0 Å². The second-order valence-corrected chi connectivity index (χ2v) is 4.42. The van der Waals surface area contributed by atoms with Gasteiger partial charge in [-0.05, 0) is 18.8 Å². The lowest BCUT2D eigenvalue weighted by molar-refractivity contribution is -0.149. The van der Waals surface area contributed by atoms with Crippen LogP contribution in [0.25, 0.3) is 0 Å². The third-order valence-electron chi connectivity index (χ3n) is 2.86. The van der Waals surface area contributed by atoms with Gasteiger partial charge in [0.1, 0.15) is 0 Å². The van der Waals surface area contributed by atoms with E-state index in [-0.39, 0.29) is 12.6 Å². The van der Waals surface area contributed by atoms with E-state index in [1.807, 2.05) is 0 Å². The first-order chi connectivity index (χ1) is 8.04. The molecular formula is C11H20N2O4. The maximum Gasteiger partial charge on any atom is 0.336 e. The number of hydrogen-bond acceptors (Lipinski definition) is 4. The number of nitrogens with one attached hydrogen (secondary N) is 1. The molecule has 0 aromatic rings. The molecule has 1 aliphatic rings. The highest BCUT2D eigenvalue weighted by atomic mass is 16.5. The highest BCUT2D eigenvalue weighted by Crippen LogP contribution is 2.15. The molecule has 0 saturated carbocycles. The van der Waals surface area contributed by atoms with Gasteiger partial charge in [-0.25, -0.2) is 9.59 Å². The summed E-state index contributed by atoms with van der Waals surface area (Å²) in [5.41, 5.74) is 0. The Bertz CT molecular complexity index is 283. The van der Waals surface area contributed by atoms with Gasteiger partial charge in [0.15, 0.2) is 6.10 Å². The fourth-order valence-corrected chi connectivity index (χ4v) is 1.89. The van der Waals surface area contributed by atoms with Gasteiger partial charge in [0.25, 0.3) is 0 Å². The first kappa shape index (κ1) is 13.8. The summed E-state index contributed by atoms with van der Waals surface area (Å²) in [6.45, 7) is 3.43. The normalized spacial score (nSPS) is 21.8. The van der Waals surface area contributed by atoms with Crippen molar-refractivity contribution in [3.05, 3.63) is 0 Å². The molecule has 0 aromatic heterocycles. The van der Waals surface area contributed by atoms with E-state index in [0.29, 0.717) is 5.92 Å². The van der Waals surface area contributed by atoms with Crippen LogP contribution in [-0.2, 0) is 9.53 Å². The Morgan fingerprint density at radius 3 is 2.88 bits per heavy atom. The second-order valence-electron chi connectivity index (χ2n) is 4.42. The van der Waals surface area contributed by atoms with Crippen molar-refractivity contribution in [1.29, 1.82) is 0 Å². The molecule has 2 atom stereocenters. The number of ether oxygens (including phenoxy) is 1. The number of likely N-dealkylation sites (tertiary alicyclic amines) is 1. The lowest BCUT2D eigenvalue weighted by Gasteiger charge is -2.31. The van der Waals surface area contributed by atoms with E-state index in [2.05, 4.69) is 17.0 Å². The molecule has 17 heavy (non-hydrogen) atoms. The topological polar surface area (TPSA) is 78.9 Å². The number of methoxy groups -OCH3 is 1. The van der Waals surface area contributed by atoms with Crippen molar-refractivity contribution in [3.8, 4) is 0 Å². The van der Waals surface area contributed by atoms with Gasteiger partial charge in [0, 0.05) is 13.1 Å². The number of urea groups is 1. The van der Waals surface area contributed by atoms with Crippen LogP contribution in [0.4, 0.5) is 4.79 Å². The van der Waals surface area contributed by atoms with E-state index < -0.39 is 12.1 Å². The average Bonchev–Trinajstić information content (AvgIpc) is 2.34. The number of nitrogens with zero attached hydrogens (tertiary/aromatic N) is 1. The lowest BCUT2D eigenvalue weighted by Crippen LogP contribution is -2.47. The van der Waals surface area contributed by atoms with E-state index >= 15 is 0 Å². The molecule has 1 rings (SSSR count). The number of rotatable bonds is 3. The van der Waals surface area contributed by atoms with Crippen molar-refractivity contribution in [3.63, 3.8) is 0 Å². The van der Waals surface area contributed by atoms with Gasteiger partial charge in [0.05, 0.1) is 13.7 Å². The van der Waals surface area contributed by atoms with Gasteiger partial charge in [-0.1, -0.05) is 6.92 Å². The van der Waals surface area contributed by atoms with E-state index in [4.69, 9.17) is 0 Å². The third-order valence-corrected chi connectivity index (χ3v) is 2.86. The van der Waals surface area contributed by atoms with Crippen LogP contribution in [0.5, 0.6) is 0 Å². The minimum absolute atomic E-state index is 0.115. The van der Waals surface area contributed by atoms with Gasteiger partial charge in [0.2, 0.25) is 0 Å². The van der Waals surface area contributed by atoms with Crippen molar-refractivity contribution in [1.82, 2.24) is 10.2 Å². The predicted octanol–water partition coefficient (Wildman–Crippen LogP) is -0.0382. The average molecular weight is 244 g/mol. The number of esters is 1. The number of amides is 2. The summed E-state index contributed by atoms with van der Waals surface area (Å²) in [7, 11) is 1.19. The van der Waals surface area contributed by atoms with Crippen molar-refractivity contribution in [2.45, 2.75) is 25.9 Å². The standard InChI is InChI=1S/C11H20N2O4/c1-8-4-3-5-13(7-8)11(16)12-6-9(14)10(15)17-2/h8-9,14H,3-7H2,1-2H3,(H,12,16). The largest absolute Gasteiger partial charge is 0.467 e. The first-order valence-electron chi connectivity index (χ1n) is 5.83. The minimum Gasteiger partial charge on any atom is -0.467 e. The van der Waals surface area contributed by atoms with Crippen LogP contribution in [0.1, 0.15) is 19.8 Å². The van der Waals surface area contributed by atoms with Gasteiger partial charge >= 0.3 is 12.0 Å². The van der Waals surface area contributed by atoms with Gasteiger partial charge in [-0.3, -0.25) is 0 Å². The molecular weight excluding hydrogens is 224 g/mol. The Hall–Kier alpha value is -1.30. The van der Waals surface area contributed by atoms with Gasteiger partial charge < -0.3 is 20.1 Å². The molecule has 1 fully saturated rings. The number of piperidine rings is 1. The fourth-order valence-electron chi connectivity index (χ4n) is 1.89. The molecule has 1 heterocycles. The van der Waals surface area contributed by atoms with Crippen LogP contribution in [0, 0.1) is 5.92 Å². The Morgan fingerprint density at radius 2 is 2.29 bits per heavy atom. The van der Waals surface area contributed by atoms with E-state index in [1.54, 1.807) is 4.90 Å². The SMILES string of the molecule is COC(=O)C(O)CNC(=O)N1CCCC(C)C1. The molecule has 0 radical (unpaired) electrons. The highest BCUT2D eigenvalue weighted by Gasteiger charge is 2.22. The number of aliphatic hydroxyl groups excluding tert-OH is 1. The number of aliphatic hydroxyl groups is 1. The summed E-state index contributed by atoms with van der Waals surface area (Å²) in [5, 5.41) is 11.8. The molecule has 2 unspecified atom stereocenters. The zero-order valence-corrected chi connectivity index (χ0v) is 10.3. The Balaban J connectivity index is 2.31. The predicted molar refractivity (Wildman–Crippen MR) is 61.4 cm³/mol. The van der Waals surface area contributed by atoms with Crippen molar-refractivity contribution < 1.29 is 19.4 Å².